The van der Waals surface area contributed by atoms with Gasteiger partial charge in [0.1, 0.15) is 5.75 Å². The number of nitrogens with zero attached hydrogens (tertiary/aromatic N) is 1. The van der Waals surface area contributed by atoms with E-state index in [4.69, 9.17) is 9.47 Å². The average Bonchev–Trinajstić information content (AvgIpc) is 2.67. The molecule has 144 valence electrons. The average molecular weight is 378 g/mol. The third-order valence-corrected chi connectivity index (χ3v) is 4.12. The Bertz CT molecular complexity index is 1030. The standard InChI is InChI=1S/C22H22N2O4/c1-13(2)28-22(26)16-7-10-19-18(12-16)20(11-14(3)23-19)24-21(25)15-5-8-17(27-4)9-6-15/h5-13H,1-4H3,(H,23,24,25). The molecular formula is C22H22N2O4. The smallest absolute Gasteiger partial charge is 0.338 e. The quantitative estimate of drug-likeness (QED) is 0.667. The third kappa shape index (κ3) is 4.28. The lowest BCUT2D eigenvalue weighted by Crippen LogP contribution is -2.13. The highest BCUT2D eigenvalue weighted by Gasteiger charge is 2.14. The molecule has 0 radical (unpaired) electrons. The van der Waals surface area contributed by atoms with Crippen molar-refractivity contribution in [2.75, 3.05) is 12.4 Å². The van der Waals surface area contributed by atoms with Crippen molar-refractivity contribution in [1.82, 2.24) is 4.98 Å². The number of pyridine rings is 1. The second-order valence-electron chi connectivity index (χ2n) is 6.68. The largest absolute Gasteiger partial charge is 0.497 e. The first kappa shape index (κ1) is 19.4. The SMILES string of the molecule is COc1ccc(C(=O)Nc2cc(C)nc3ccc(C(=O)OC(C)C)cc23)cc1. The predicted octanol–water partition coefficient (Wildman–Crippen LogP) is 4.37. The van der Waals surface area contributed by atoms with E-state index in [0.29, 0.717) is 33.5 Å². The van der Waals surface area contributed by atoms with E-state index in [1.54, 1.807) is 69.5 Å². The molecule has 3 aromatic rings. The van der Waals surface area contributed by atoms with Crippen molar-refractivity contribution in [1.29, 1.82) is 0 Å². The number of hydrogen-bond donors (Lipinski definition) is 1. The number of ether oxygens (including phenoxy) is 2. The summed E-state index contributed by atoms with van der Waals surface area (Å²) in [7, 11) is 1.57. The van der Waals surface area contributed by atoms with E-state index in [1.165, 1.54) is 0 Å². The maximum Gasteiger partial charge on any atom is 0.338 e. The molecule has 0 fully saturated rings. The summed E-state index contributed by atoms with van der Waals surface area (Å²) in [5.74, 6) is 0.00433. The van der Waals surface area contributed by atoms with Crippen molar-refractivity contribution in [2.24, 2.45) is 0 Å². The van der Waals surface area contributed by atoms with Gasteiger partial charge in [0.25, 0.3) is 5.91 Å². The van der Waals surface area contributed by atoms with Crippen LogP contribution in [-0.2, 0) is 4.74 Å². The van der Waals surface area contributed by atoms with Gasteiger partial charge in [-0.3, -0.25) is 9.78 Å². The lowest BCUT2D eigenvalue weighted by Gasteiger charge is -2.12. The van der Waals surface area contributed by atoms with E-state index in [2.05, 4.69) is 10.3 Å². The fourth-order valence-corrected chi connectivity index (χ4v) is 2.81. The molecule has 0 aliphatic carbocycles. The van der Waals surface area contributed by atoms with Crippen LogP contribution in [-0.4, -0.2) is 30.1 Å². The first-order valence-electron chi connectivity index (χ1n) is 8.95. The Kier molecular flexibility index (Phi) is 5.59. The highest BCUT2D eigenvalue weighted by molar-refractivity contribution is 6.09. The van der Waals surface area contributed by atoms with Crippen molar-refractivity contribution in [2.45, 2.75) is 26.9 Å². The van der Waals surface area contributed by atoms with Crippen molar-refractivity contribution < 1.29 is 19.1 Å². The Hall–Kier alpha value is -3.41. The fraction of sp³-hybridized carbons (Fsp3) is 0.227. The molecule has 6 nitrogen and oxygen atoms in total. The first-order valence-corrected chi connectivity index (χ1v) is 8.95. The minimum absolute atomic E-state index is 0.214. The van der Waals surface area contributed by atoms with Gasteiger partial charge in [-0.25, -0.2) is 4.79 Å². The molecule has 1 N–H and O–H groups in total. The third-order valence-electron chi connectivity index (χ3n) is 4.12. The molecule has 28 heavy (non-hydrogen) atoms. The van der Waals surface area contributed by atoms with E-state index in [-0.39, 0.29) is 12.0 Å². The number of benzene rings is 2. The molecule has 0 saturated carbocycles. The number of anilines is 1. The number of nitrogens with one attached hydrogen (secondary N) is 1. The molecule has 0 aliphatic heterocycles. The molecule has 6 heteroatoms. The van der Waals surface area contributed by atoms with Crippen molar-refractivity contribution in [3.05, 3.63) is 65.4 Å². The van der Waals surface area contributed by atoms with Crippen LogP contribution in [0.25, 0.3) is 10.9 Å². The van der Waals surface area contributed by atoms with Crippen molar-refractivity contribution >= 4 is 28.5 Å². The van der Waals surface area contributed by atoms with Crippen LogP contribution >= 0.6 is 0 Å². The number of fused-ring (bicyclic) bond motifs is 1. The molecule has 0 unspecified atom stereocenters. The van der Waals surface area contributed by atoms with E-state index in [9.17, 15) is 9.59 Å². The zero-order valence-electron chi connectivity index (χ0n) is 16.3. The molecule has 0 aliphatic rings. The molecule has 0 saturated heterocycles. The summed E-state index contributed by atoms with van der Waals surface area (Å²) in [5, 5.41) is 3.59. The van der Waals surface area contributed by atoms with Crippen molar-refractivity contribution in [3.63, 3.8) is 0 Å². The Morgan fingerprint density at radius 1 is 1.00 bits per heavy atom. The summed E-state index contributed by atoms with van der Waals surface area (Å²) in [6.45, 7) is 5.44. The molecular weight excluding hydrogens is 356 g/mol. The fourth-order valence-electron chi connectivity index (χ4n) is 2.81. The number of esters is 1. The Labute approximate surface area is 163 Å². The van der Waals surface area contributed by atoms with Crippen LogP contribution in [0.1, 0.15) is 40.3 Å². The summed E-state index contributed by atoms with van der Waals surface area (Å²) >= 11 is 0. The number of amides is 1. The van der Waals surface area contributed by atoms with E-state index >= 15 is 0 Å². The lowest BCUT2D eigenvalue weighted by molar-refractivity contribution is 0.0378. The minimum Gasteiger partial charge on any atom is -0.497 e. The number of methoxy groups -OCH3 is 1. The summed E-state index contributed by atoms with van der Waals surface area (Å²) in [6, 6.07) is 13.7. The van der Waals surface area contributed by atoms with E-state index in [0.717, 1.165) is 5.69 Å². The van der Waals surface area contributed by atoms with Crippen LogP contribution in [0.5, 0.6) is 5.75 Å². The Morgan fingerprint density at radius 3 is 2.32 bits per heavy atom. The van der Waals surface area contributed by atoms with Gasteiger partial charge < -0.3 is 14.8 Å². The second kappa shape index (κ2) is 8.08. The molecule has 0 spiro atoms. The maximum atomic E-state index is 12.7. The van der Waals surface area contributed by atoms with Crippen molar-refractivity contribution in [3.8, 4) is 5.75 Å². The van der Waals surface area contributed by atoms with Gasteiger partial charge in [0.15, 0.2) is 0 Å². The minimum atomic E-state index is -0.412. The van der Waals surface area contributed by atoms with Crippen LogP contribution in [0.4, 0.5) is 5.69 Å². The molecule has 1 heterocycles. The summed E-state index contributed by atoms with van der Waals surface area (Å²) < 4.78 is 10.4. The molecule has 0 bridgehead atoms. The topological polar surface area (TPSA) is 77.5 Å². The molecule has 2 aromatic carbocycles. The van der Waals surface area contributed by atoms with Gasteiger partial charge in [0.05, 0.1) is 30.0 Å². The number of aryl methyl sites for hydroxylation is 1. The van der Waals surface area contributed by atoms with Crippen LogP contribution < -0.4 is 10.1 Å². The number of carbonyl (C=O) groups excluding carboxylic acids is 2. The summed E-state index contributed by atoms with van der Waals surface area (Å²) in [4.78, 5) is 29.4. The molecule has 0 atom stereocenters. The number of aromatic nitrogens is 1. The first-order chi connectivity index (χ1) is 13.4. The van der Waals surface area contributed by atoms with Gasteiger partial charge in [-0.2, -0.15) is 0 Å². The monoisotopic (exact) mass is 378 g/mol. The Balaban J connectivity index is 1.96. The number of hydrogen-bond acceptors (Lipinski definition) is 5. The molecule has 3 rings (SSSR count). The zero-order valence-corrected chi connectivity index (χ0v) is 16.3. The number of rotatable bonds is 5. The highest BCUT2D eigenvalue weighted by atomic mass is 16.5. The van der Waals surface area contributed by atoms with E-state index in [1.807, 2.05) is 6.92 Å². The summed E-state index contributed by atoms with van der Waals surface area (Å²) in [5.41, 5.74) is 2.94. The summed E-state index contributed by atoms with van der Waals surface area (Å²) in [6.07, 6.45) is -0.214. The van der Waals surface area contributed by atoms with Gasteiger partial charge >= 0.3 is 5.97 Å². The highest BCUT2D eigenvalue weighted by Crippen LogP contribution is 2.26. The number of carbonyl (C=O) groups is 2. The zero-order chi connectivity index (χ0) is 20.3. The van der Waals surface area contributed by atoms with Gasteiger partial charge in [-0.05, 0) is 69.3 Å². The van der Waals surface area contributed by atoms with Gasteiger partial charge in [0.2, 0.25) is 0 Å². The lowest BCUT2D eigenvalue weighted by atomic mass is 10.1. The normalized spacial score (nSPS) is 10.8. The van der Waals surface area contributed by atoms with Crippen LogP contribution in [0.3, 0.4) is 0 Å². The van der Waals surface area contributed by atoms with Gasteiger partial charge in [-0.1, -0.05) is 0 Å². The van der Waals surface area contributed by atoms with Gasteiger partial charge in [-0.15, -0.1) is 0 Å². The Morgan fingerprint density at radius 2 is 1.68 bits per heavy atom. The molecule has 1 amide bonds. The van der Waals surface area contributed by atoms with Crippen LogP contribution in [0.15, 0.2) is 48.5 Å². The van der Waals surface area contributed by atoms with Gasteiger partial charge in [0, 0.05) is 16.6 Å². The van der Waals surface area contributed by atoms with Crippen LogP contribution in [0, 0.1) is 6.92 Å². The van der Waals surface area contributed by atoms with E-state index < -0.39 is 5.97 Å². The maximum absolute atomic E-state index is 12.7. The second-order valence-corrected chi connectivity index (χ2v) is 6.68. The van der Waals surface area contributed by atoms with Crippen LogP contribution in [0.2, 0.25) is 0 Å². The predicted molar refractivity (Wildman–Crippen MR) is 108 cm³/mol. The molecule has 1 aromatic heterocycles.